The highest BCUT2D eigenvalue weighted by molar-refractivity contribution is 5.50. The van der Waals surface area contributed by atoms with Crippen molar-refractivity contribution < 1.29 is 0 Å². The molecule has 1 aromatic carbocycles. The van der Waals surface area contributed by atoms with Gasteiger partial charge in [0.2, 0.25) is 0 Å². The van der Waals surface area contributed by atoms with Crippen molar-refractivity contribution in [3.8, 4) is 0 Å². The van der Waals surface area contributed by atoms with Crippen LogP contribution in [0, 0.1) is 0 Å². The SMILES string of the molecule is CN1Cc2cc(N)ccc2C2(CC2)C1. The predicted octanol–water partition coefficient (Wildman–Crippen LogP) is 1.75. The van der Waals surface area contributed by atoms with Gasteiger partial charge in [0.1, 0.15) is 0 Å². The molecule has 14 heavy (non-hydrogen) atoms. The lowest BCUT2D eigenvalue weighted by atomic mass is 9.87. The maximum absolute atomic E-state index is 5.82. The number of hydrogen-bond acceptors (Lipinski definition) is 2. The summed E-state index contributed by atoms with van der Waals surface area (Å²) in [6.45, 7) is 2.28. The summed E-state index contributed by atoms with van der Waals surface area (Å²) in [5, 5.41) is 0. The molecule has 0 radical (unpaired) electrons. The van der Waals surface area contributed by atoms with E-state index in [2.05, 4.69) is 24.1 Å². The van der Waals surface area contributed by atoms with E-state index in [4.69, 9.17) is 5.73 Å². The monoisotopic (exact) mass is 188 g/mol. The minimum Gasteiger partial charge on any atom is -0.399 e. The molecule has 1 aliphatic heterocycles. The molecule has 2 aliphatic rings. The highest BCUT2D eigenvalue weighted by Crippen LogP contribution is 2.52. The molecule has 2 heteroatoms. The zero-order valence-corrected chi connectivity index (χ0v) is 8.59. The molecule has 74 valence electrons. The van der Waals surface area contributed by atoms with Gasteiger partial charge < -0.3 is 10.6 Å². The first-order chi connectivity index (χ1) is 6.70. The van der Waals surface area contributed by atoms with Crippen LogP contribution in [-0.2, 0) is 12.0 Å². The Morgan fingerprint density at radius 3 is 2.86 bits per heavy atom. The van der Waals surface area contributed by atoms with Crippen LogP contribution in [0.4, 0.5) is 5.69 Å². The summed E-state index contributed by atoms with van der Waals surface area (Å²) >= 11 is 0. The van der Waals surface area contributed by atoms with Crippen molar-refractivity contribution in [2.75, 3.05) is 19.3 Å². The van der Waals surface area contributed by atoms with Gasteiger partial charge in [0.25, 0.3) is 0 Å². The van der Waals surface area contributed by atoms with Crippen LogP contribution in [-0.4, -0.2) is 18.5 Å². The fourth-order valence-corrected chi connectivity index (χ4v) is 2.79. The molecule has 2 N–H and O–H groups in total. The molecule has 3 rings (SSSR count). The number of fused-ring (bicyclic) bond motifs is 2. The Kier molecular flexibility index (Phi) is 1.49. The van der Waals surface area contributed by atoms with Crippen molar-refractivity contribution in [3.63, 3.8) is 0 Å². The van der Waals surface area contributed by atoms with E-state index in [0.29, 0.717) is 5.41 Å². The van der Waals surface area contributed by atoms with E-state index >= 15 is 0 Å². The van der Waals surface area contributed by atoms with Gasteiger partial charge in [-0.15, -0.1) is 0 Å². The van der Waals surface area contributed by atoms with Crippen LogP contribution in [0.3, 0.4) is 0 Å². The number of nitrogen functional groups attached to an aromatic ring is 1. The number of nitrogens with two attached hydrogens (primary N) is 1. The molecule has 0 unspecified atom stereocenters. The summed E-state index contributed by atoms with van der Waals surface area (Å²) in [5.41, 5.74) is 10.2. The highest BCUT2D eigenvalue weighted by Gasteiger charge is 2.48. The lowest BCUT2D eigenvalue weighted by molar-refractivity contribution is 0.271. The highest BCUT2D eigenvalue weighted by atomic mass is 15.1. The first-order valence-electron chi connectivity index (χ1n) is 5.27. The maximum Gasteiger partial charge on any atom is 0.0317 e. The number of anilines is 1. The van der Waals surface area contributed by atoms with E-state index in [-0.39, 0.29) is 0 Å². The molecule has 0 bridgehead atoms. The zero-order valence-electron chi connectivity index (χ0n) is 8.59. The zero-order chi connectivity index (χ0) is 9.76. The molecule has 1 saturated carbocycles. The molecule has 0 aromatic heterocycles. The summed E-state index contributed by atoms with van der Waals surface area (Å²) in [6, 6.07) is 6.43. The number of rotatable bonds is 0. The smallest absolute Gasteiger partial charge is 0.0317 e. The third-order valence-corrected chi connectivity index (χ3v) is 3.57. The lowest BCUT2D eigenvalue weighted by Crippen LogP contribution is -2.35. The Morgan fingerprint density at radius 2 is 2.14 bits per heavy atom. The molecule has 1 heterocycles. The first kappa shape index (κ1) is 8.30. The average Bonchev–Trinajstić information content (AvgIpc) is 2.84. The number of likely N-dealkylation sites (N-methyl/N-ethyl adjacent to an activating group) is 1. The molecule has 0 saturated heterocycles. The summed E-state index contributed by atoms with van der Waals surface area (Å²) in [6.07, 6.45) is 2.71. The molecule has 1 aliphatic carbocycles. The van der Waals surface area contributed by atoms with Crippen molar-refractivity contribution in [1.82, 2.24) is 4.90 Å². The second kappa shape index (κ2) is 2.51. The second-order valence-corrected chi connectivity index (χ2v) is 4.87. The minimum atomic E-state index is 0.496. The summed E-state index contributed by atoms with van der Waals surface area (Å²) < 4.78 is 0. The van der Waals surface area contributed by atoms with Gasteiger partial charge in [0.05, 0.1) is 0 Å². The molecular weight excluding hydrogens is 172 g/mol. The van der Waals surface area contributed by atoms with Crippen molar-refractivity contribution >= 4 is 5.69 Å². The van der Waals surface area contributed by atoms with Crippen LogP contribution in [0.25, 0.3) is 0 Å². The maximum atomic E-state index is 5.82. The predicted molar refractivity (Wildman–Crippen MR) is 58.1 cm³/mol. The quantitative estimate of drug-likeness (QED) is 0.628. The molecule has 1 fully saturated rings. The second-order valence-electron chi connectivity index (χ2n) is 4.87. The fourth-order valence-electron chi connectivity index (χ4n) is 2.79. The van der Waals surface area contributed by atoms with Gasteiger partial charge in [0.15, 0.2) is 0 Å². The van der Waals surface area contributed by atoms with Gasteiger partial charge in [-0.05, 0) is 43.1 Å². The summed E-state index contributed by atoms with van der Waals surface area (Å²) in [5.74, 6) is 0. The minimum absolute atomic E-state index is 0.496. The van der Waals surface area contributed by atoms with Gasteiger partial charge >= 0.3 is 0 Å². The van der Waals surface area contributed by atoms with Crippen LogP contribution in [0.1, 0.15) is 24.0 Å². The molecule has 1 aromatic rings. The third-order valence-electron chi connectivity index (χ3n) is 3.57. The lowest BCUT2D eigenvalue weighted by Gasteiger charge is -2.32. The van der Waals surface area contributed by atoms with Crippen LogP contribution in [0.5, 0.6) is 0 Å². The first-order valence-corrected chi connectivity index (χ1v) is 5.27. The molecule has 0 amide bonds. The van der Waals surface area contributed by atoms with Crippen LogP contribution < -0.4 is 5.73 Å². The van der Waals surface area contributed by atoms with E-state index in [1.54, 1.807) is 5.56 Å². The van der Waals surface area contributed by atoms with E-state index in [1.807, 2.05) is 6.07 Å². The van der Waals surface area contributed by atoms with Crippen molar-refractivity contribution in [1.29, 1.82) is 0 Å². The van der Waals surface area contributed by atoms with Crippen LogP contribution >= 0.6 is 0 Å². The average molecular weight is 188 g/mol. The van der Waals surface area contributed by atoms with Crippen molar-refractivity contribution in [2.45, 2.75) is 24.8 Å². The van der Waals surface area contributed by atoms with E-state index in [0.717, 1.165) is 12.2 Å². The van der Waals surface area contributed by atoms with E-state index in [9.17, 15) is 0 Å². The number of hydrogen-bond donors (Lipinski definition) is 1. The van der Waals surface area contributed by atoms with E-state index in [1.165, 1.54) is 24.9 Å². The standard InChI is InChI=1S/C12H16N2/c1-14-7-9-6-10(13)2-3-11(9)12(8-14)4-5-12/h2-3,6H,4-5,7-8,13H2,1H3. The Balaban J connectivity index is 2.12. The van der Waals surface area contributed by atoms with Crippen molar-refractivity contribution in [2.24, 2.45) is 0 Å². The number of benzene rings is 1. The van der Waals surface area contributed by atoms with Crippen LogP contribution in [0.2, 0.25) is 0 Å². The molecular formula is C12H16N2. The Bertz CT molecular complexity index is 380. The van der Waals surface area contributed by atoms with Gasteiger partial charge in [0, 0.05) is 24.2 Å². The van der Waals surface area contributed by atoms with Crippen LogP contribution in [0.15, 0.2) is 18.2 Å². The normalized spacial score (nSPS) is 23.5. The Hall–Kier alpha value is -1.02. The largest absolute Gasteiger partial charge is 0.399 e. The molecule has 2 nitrogen and oxygen atoms in total. The van der Waals surface area contributed by atoms with Gasteiger partial charge in [-0.3, -0.25) is 0 Å². The van der Waals surface area contributed by atoms with Gasteiger partial charge in [-0.1, -0.05) is 6.07 Å². The Morgan fingerprint density at radius 1 is 1.36 bits per heavy atom. The molecule has 0 atom stereocenters. The van der Waals surface area contributed by atoms with Gasteiger partial charge in [-0.25, -0.2) is 0 Å². The fraction of sp³-hybridized carbons (Fsp3) is 0.500. The topological polar surface area (TPSA) is 29.3 Å². The number of nitrogens with zero attached hydrogens (tertiary/aromatic N) is 1. The molecule has 1 spiro atoms. The van der Waals surface area contributed by atoms with Gasteiger partial charge in [-0.2, -0.15) is 0 Å². The summed E-state index contributed by atoms with van der Waals surface area (Å²) in [4.78, 5) is 2.41. The van der Waals surface area contributed by atoms with E-state index < -0.39 is 0 Å². The summed E-state index contributed by atoms with van der Waals surface area (Å²) in [7, 11) is 2.20. The Labute approximate surface area is 84.7 Å². The third kappa shape index (κ3) is 1.07. The van der Waals surface area contributed by atoms with Crippen molar-refractivity contribution in [3.05, 3.63) is 29.3 Å².